The molecule has 6 nitrogen and oxygen atoms in total. The molecule has 0 saturated carbocycles. The Bertz CT molecular complexity index is 355. The third-order valence-corrected chi connectivity index (χ3v) is 4.65. The normalized spacial score (nSPS) is 27.1. The lowest BCUT2D eigenvalue weighted by Gasteiger charge is -2.15. The molecule has 0 unspecified atom stereocenters. The summed E-state index contributed by atoms with van der Waals surface area (Å²) in [5.74, 6) is -0.883. The van der Waals surface area contributed by atoms with Crippen LogP contribution < -0.4 is 5.73 Å². The van der Waals surface area contributed by atoms with E-state index in [1.165, 1.54) is 11.4 Å². The standard InChI is InChI=1S/C9H18N2O4S/c1-7-5-11(6-8(7)9(10)12)16(13,14)4-3-15-2/h7-8H,3-6H2,1-2H3,(H2,10,12)/t7-,8-/m1/s1. The maximum Gasteiger partial charge on any atom is 0.222 e. The molecule has 1 aliphatic rings. The first-order valence-electron chi connectivity index (χ1n) is 5.14. The highest BCUT2D eigenvalue weighted by Crippen LogP contribution is 2.25. The summed E-state index contributed by atoms with van der Waals surface area (Å²) in [5, 5.41) is 0. The molecular weight excluding hydrogens is 232 g/mol. The maximum absolute atomic E-state index is 11.8. The van der Waals surface area contributed by atoms with Crippen molar-refractivity contribution in [3.63, 3.8) is 0 Å². The first-order chi connectivity index (χ1) is 7.38. The van der Waals surface area contributed by atoms with Crippen LogP contribution in [0.1, 0.15) is 6.92 Å². The van der Waals surface area contributed by atoms with E-state index in [0.717, 1.165) is 0 Å². The van der Waals surface area contributed by atoms with Gasteiger partial charge in [0.2, 0.25) is 15.9 Å². The van der Waals surface area contributed by atoms with Crippen molar-refractivity contribution in [2.45, 2.75) is 6.92 Å². The molecule has 1 rings (SSSR count). The van der Waals surface area contributed by atoms with Crippen molar-refractivity contribution in [1.82, 2.24) is 4.31 Å². The van der Waals surface area contributed by atoms with Gasteiger partial charge < -0.3 is 10.5 Å². The fraction of sp³-hybridized carbons (Fsp3) is 0.889. The topological polar surface area (TPSA) is 89.7 Å². The number of nitrogens with zero attached hydrogens (tertiary/aromatic N) is 1. The molecule has 0 aromatic heterocycles. The number of carbonyl (C=O) groups is 1. The largest absolute Gasteiger partial charge is 0.384 e. The fourth-order valence-corrected chi connectivity index (χ4v) is 3.32. The van der Waals surface area contributed by atoms with E-state index in [4.69, 9.17) is 10.5 Å². The summed E-state index contributed by atoms with van der Waals surface area (Å²) < 4.78 is 29.7. The van der Waals surface area contributed by atoms with Crippen molar-refractivity contribution in [1.29, 1.82) is 0 Å². The number of hydrogen-bond acceptors (Lipinski definition) is 4. The van der Waals surface area contributed by atoms with Crippen LogP contribution in [0.15, 0.2) is 0 Å². The van der Waals surface area contributed by atoms with Gasteiger partial charge in [0.1, 0.15) is 0 Å². The molecule has 1 fully saturated rings. The fourth-order valence-electron chi connectivity index (χ4n) is 1.84. The first-order valence-corrected chi connectivity index (χ1v) is 6.75. The summed E-state index contributed by atoms with van der Waals surface area (Å²) in [5.41, 5.74) is 5.21. The number of hydrogen-bond donors (Lipinski definition) is 1. The summed E-state index contributed by atoms with van der Waals surface area (Å²) in [7, 11) is -1.87. The van der Waals surface area contributed by atoms with Gasteiger partial charge in [0.15, 0.2) is 0 Å². The molecule has 2 N–H and O–H groups in total. The van der Waals surface area contributed by atoms with Crippen LogP contribution >= 0.6 is 0 Å². The third-order valence-electron chi connectivity index (χ3n) is 2.88. The molecule has 94 valence electrons. The van der Waals surface area contributed by atoms with Crippen LogP contribution in [-0.2, 0) is 19.6 Å². The molecule has 2 atom stereocenters. The summed E-state index contributed by atoms with van der Waals surface area (Å²) in [6, 6.07) is 0. The third kappa shape index (κ3) is 2.93. The molecule has 0 radical (unpaired) electrons. The average Bonchev–Trinajstić information content (AvgIpc) is 2.58. The van der Waals surface area contributed by atoms with Gasteiger partial charge >= 0.3 is 0 Å². The molecule has 0 aromatic rings. The second-order valence-electron chi connectivity index (χ2n) is 4.11. The van der Waals surface area contributed by atoms with Crippen LogP contribution in [0.4, 0.5) is 0 Å². The summed E-state index contributed by atoms with van der Waals surface area (Å²) in [6.45, 7) is 2.55. The molecule has 1 aliphatic heterocycles. The minimum Gasteiger partial charge on any atom is -0.384 e. The number of nitrogens with two attached hydrogens (primary N) is 1. The Hall–Kier alpha value is -0.660. The van der Waals surface area contributed by atoms with Gasteiger partial charge in [-0.3, -0.25) is 4.79 Å². The second-order valence-corrected chi connectivity index (χ2v) is 6.20. The van der Waals surface area contributed by atoms with E-state index in [2.05, 4.69) is 0 Å². The van der Waals surface area contributed by atoms with Gasteiger partial charge in [-0.05, 0) is 5.92 Å². The molecule has 0 aromatic carbocycles. The highest BCUT2D eigenvalue weighted by atomic mass is 32.2. The molecule has 7 heteroatoms. The van der Waals surface area contributed by atoms with Gasteiger partial charge in [-0.2, -0.15) is 0 Å². The van der Waals surface area contributed by atoms with Crippen LogP contribution in [0, 0.1) is 11.8 Å². The number of carbonyl (C=O) groups excluding carboxylic acids is 1. The average molecular weight is 250 g/mol. The summed E-state index contributed by atoms with van der Waals surface area (Å²) in [6.07, 6.45) is 0. The monoisotopic (exact) mass is 250 g/mol. The van der Waals surface area contributed by atoms with Crippen LogP contribution in [0.5, 0.6) is 0 Å². The molecule has 0 bridgehead atoms. The van der Waals surface area contributed by atoms with E-state index in [9.17, 15) is 13.2 Å². The number of ether oxygens (including phenoxy) is 1. The Morgan fingerprint density at radius 2 is 2.12 bits per heavy atom. The molecular formula is C9H18N2O4S. The van der Waals surface area contributed by atoms with E-state index in [0.29, 0.717) is 6.54 Å². The van der Waals surface area contributed by atoms with Crippen LogP contribution in [0.3, 0.4) is 0 Å². The van der Waals surface area contributed by atoms with Crippen molar-refractivity contribution < 1.29 is 17.9 Å². The Balaban J connectivity index is 2.67. The van der Waals surface area contributed by atoms with E-state index in [1.807, 2.05) is 6.92 Å². The van der Waals surface area contributed by atoms with Crippen molar-refractivity contribution in [3.05, 3.63) is 0 Å². The van der Waals surface area contributed by atoms with Crippen LogP contribution in [0.2, 0.25) is 0 Å². The van der Waals surface area contributed by atoms with E-state index >= 15 is 0 Å². The van der Waals surface area contributed by atoms with Gasteiger partial charge in [-0.1, -0.05) is 6.92 Å². The maximum atomic E-state index is 11.8. The molecule has 1 saturated heterocycles. The van der Waals surface area contributed by atoms with Gasteiger partial charge in [0, 0.05) is 20.2 Å². The van der Waals surface area contributed by atoms with Gasteiger partial charge in [0.05, 0.1) is 18.3 Å². The van der Waals surface area contributed by atoms with E-state index < -0.39 is 15.9 Å². The lowest BCUT2D eigenvalue weighted by molar-refractivity contribution is -0.122. The predicted molar refractivity (Wildman–Crippen MR) is 59.1 cm³/mol. The Morgan fingerprint density at radius 1 is 1.50 bits per heavy atom. The number of primary amides is 1. The Kier molecular flexibility index (Phi) is 4.28. The molecule has 0 aliphatic carbocycles. The van der Waals surface area contributed by atoms with Crippen molar-refractivity contribution >= 4 is 15.9 Å². The second kappa shape index (κ2) is 5.11. The molecule has 0 spiro atoms. The van der Waals surface area contributed by atoms with Gasteiger partial charge in [0.25, 0.3) is 0 Å². The zero-order chi connectivity index (χ0) is 12.3. The Morgan fingerprint density at radius 3 is 2.56 bits per heavy atom. The zero-order valence-electron chi connectivity index (χ0n) is 9.55. The van der Waals surface area contributed by atoms with E-state index in [-0.39, 0.29) is 30.7 Å². The zero-order valence-corrected chi connectivity index (χ0v) is 10.4. The highest BCUT2D eigenvalue weighted by Gasteiger charge is 2.38. The smallest absolute Gasteiger partial charge is 0.222 e. The minimum atomic E-state index is -3.32. The number of rotatable bonds is 5. The number of sulfonamides is 1. The Labute approximate surface area is 95.8 Å². The lowest BCUT2D eigenvalue weighted by atomic mass is 9.98. The first kappa shape index (κ1) is 13.4. The SMILES string of the molecule is COCCS(=O)(=O)N1C[C@@H](C)[C@H](C(N)=O)C1. The number of amides is 1. The van der Waals surface area contributed by atoms with Crippen LogP contribution in [-0.4, -0.2) is 51.2 Å². The van der Waals surface area contributed by atoms with Crippen molar-refractivity contribution in [2.75, 3.05) is 32.6 Å². The predicted octanol–water partition coefficient (Wildman–Crippen LogP) is -0.984. The quantitative estimate of drug-likeness (QED) is 0.679. The molecule has 1 heterocycles. The van der Waals surface area contributed by atoms with Crippen molar-refractivity contribution in [3.8, 4) is 0 Å². The summed E-state index contributed by atoms with van der Waals surface area (Å²) >= 11 is 0. The van der Waals surface area contributed by atoms with Gasteiger partial charge in [-0.15, -0.1) is 0 Å². The minimum absolute atomic E-state index is 0.0187. The van der Waals surface area contributed by atoms with Gasteiger partial charge in [-0.25, -0.2) is 12.7 Å². The summed E-state index contributed by atoms with van der Waals surface area (Å²) in [4.78, 5) is 11.1. The highest BCUT2D eigenvalue weighted by molar-refractivity contribution is 7.89. The molecule has 1 amide bonds. The molecule has 16 heavy (non-hydrogen) atoms. The lowest BCUT2D eigenvalue weighted by Crippen LogP contribution is -2.34. The van der Waals surface area contributed by atoms with E-state index in [1.54, 1.807) is 0 Å². The van der Waals surface area contributed by atoms with Crippen LogP contribution in [0.25, 0.3) is 0 Å². The van der Waals surface area contributed by atoms with Crippen molar-refractivity contribution in [2.24, 2.45) is 17.6 Å². The number of methoxy groups -OCH3 is 1.